The van der Waals surface area contributed by atoms with Crippen LogP contribution in [0.2, 0.25) is 0 Å². The SMILES string of the molecule is CC(C)=CCCC(C)CCOC(=O)c1ccc(N)cc1. The minimum Gasteiger partial charge on any atom is -0.462 e. The van der Waals surface area contributed by atoms with Gasteiger partial charge in [-0.1, -0.05) is 18.6 Å². The van der Waals surface area contributed by atoms with Crippen molar-refractivity contribution in [3.8, 4) is 0 Å². The molecule has 0 fully saturated rings. The number of benzene rings is 1. The van der Waals surface area contributed by atoms with Crippen LogP contribution in [0, 0.1) is 5.92 Å². The second kappa shape index (κ2) is 8.41. The van der Waals surface area contributed by atoms with E-state index >= 15 is 0 Å². The standard InChI is InChI=1S/C17H25NO2/c1-13(2)5-4-6-14(3)11-12-20-17(19)15-7-9-16(18)10-8-15/h5,7-10,14H,4,6,11-12,18H2,1-3H3. The Bertz CT molecular complexity index is 445. The van der Waals surface area contributed by atoms with Gasteiger partial charge in [0.2, 0.25) is 0 Å². The summed E-state index contributed by atoms with van der Waals surface area (Å²) in [5, 5.41) is 0. The molecule has 1 aromatic carbocycles. The number of ether oxygens (including phenoxy) is 1. The monoisotopic (exact) mass is 275 g/mol. The van der Waals surface area contributed by atoms with E-state index in [1.807, 2.05) is 0 Å². The van der Waals surface area contributed by atoms with E-state index < -0.39 is 0 Å². The molecule has 0 heterocycles. The molecule has 0 aliphatic carbocycles. The smallest absolute Gasteiger partial charge is 0.338 e. The highest BCUT2D eigenvalue weighted by atomic mass is 16.5. The zero-order valence-corrected chi connectivity index (χ0v) is 12.7. The van der Waals surface area contributed by atoms with Crippen LogP contribution in [0.15, 0.2) is 35.9 Å². The molecule has 0 saturated heterocycles. The molecule has 0 aliphatic heterocycles. The lowest BCUT2D eigenvalue weighted by molar-refractivity contribution is 0.0484. The highest BCUT2D eigenvalue weighted by molar-refractivity contribution is 5.89. The second-order valence-electron chi connectivity index (χ2n) is 5.51. The molecule has 2 N–H and O–H groups in total. The van der Waals surface area contributed by atoms with Gasteiger partial charge in [-0.2, -0.15) is 0 Å². The molecule has 0 saturated carbocycles. The van der Waals surface area contributed by atoms with Crippen LogP contribution in [0.3, 0.4) is 0 Å². The lowest BCUT2D eigenvalue weighted by atomic mass is 10.0. The largest absolute Gasteiger partial charge is 0.462 e. The molecule has 110 valence electrons. The van der Waals surface area contributed by atoms with Gasteiger partial charge in [-0.25, -0.2) is 4.79 Å². The summed E-state index contributed by atoms with van der Waals surface area (Å²) in [7, 11) is 0. The predicted molar refractivity (Wildman–Crippen MR) is 83.6 cm³/mol. The van der Waals surface area contributed by atoms with Crippen molar-refractivity contribution in [3.63, 3.8) is 0 Å². The van der Waals surface area contributed by atoms with Crippen LogP contribution in [0.1, 0.15) is 50.4 Å². The van der Waals surface area contributed by atoms with Crippen molar-refractivity contribution < 1.29 is 9.53 Å². The summed E-state index contributed by atoms with van der Waals surface area (Å²) in [5.41, 5.74) is 8.13. The number of rotatable bonds is 7. The van der Waals surface area contributed by atoms with Crippen molar-refractivity contribution in [3.05, 3.63) is 41.5 Å². The number of carbonyl (C=O) groups excluding carboxylic acids is 1. The van der Waals surface area contributed by atoms with Gasteiger partial charge in [0.25, 0.3) is 0 Å². The van der Waals surface area contributed by atoms with Crippen LogP contribution in [0.25, 0.3) is 0 Å². The quantitative estimate of drug-likeness (QED) is 0.461. The topological polar surface area (TPSA) is 52.3 Å². The minimum absolute atomic E-state index is 0.276. The van der Waals surface area contributed by atoms with Crippen molar-refractivity contribution in [2.24, 2.45) is 5.92 Å². The van der Waals surface area contributed by atoms with Crippen LogP contribution >= 0.6 is 0 Å². The number of allylic oxidation sites excluding steroid dienone is 2. The van der Waals surface area contributed by atoms with Gasteiger partial charge in [0.15, 0.2) is 0 Å². The van der Waals surface area contributed by atoms with E-state index in [9.17, 15) is 4.79 Å². The molecule has 0 aliphatic rings. The molecule has 1 atom stereocenters. The Labute approximate surface area is 121 Å². The van der Waals surface area contributed by atoms with Gasteiger partial charge in [0, 0.05) is 5.69 Å². The molecule has 1 unspecified atom stereocenters. The maximum Gasteiger partial charge on any atom is 0.338 e. The number of carbonyl (C=O) groups is 1. The highest BCUT2D eigenvalue weighted by Crippen LogP contribution is 2.13. The van der Waals surface area contributed by atoms with E-state index in [0.717, 1.165) is 19.3 Å². The van der Waals surface area contributed by atoms with Crippen LogP contribution in [0.4, 0.5) is 5.69 Å². The molecule has 0 bridgehead atoms. The van der Waals surface area contributed by atoms with E-state index in [1.54, 1.807) is 24.3 Å². The number of nitrogen functional groups attached to an aromatic ring is 1. The van der Waals surface area contributed by atoms with E-state index in [1.165, 1.54) is 5.57 Å². The van der Waals surface area contributed by atoms with Crippen LogP contribution in [-0.2, 0) is 4.74 Å². The summed E-state index contributed by atoms with van der Waals surface area (Å²) in [4.78, 5) is 11.8. The molecule has 0 spiro atoms. The maximum atomic E-state index is 11.8. The third kappa shape index (κ3) is 6.41. The summed E-state index contributed by atoms with van der Waals surface area (Å²) in [6, 6.07) is 6.79. The Kier molecular flexibility index (Phi) is 6.85. The molecule has 0 radical (unpaired) electrons. The molecule has 0 aromatic heterocycles. The van der Waals surface area contributed by atoms with Crippen LogP contribution in [0.5, 0.6) is 0 Å². The van der Waals surface area contributed by atoms with E-state index in [4.69, 9.17) is 10.5 Å². The minimum atomic E-state index is -0.276. The molecule has 1 aromatic rings. The van der Waals surface area contributed by atoms with Gasteiger partial charge in [-0.3, -0.25) is 0 Å². The lowest BCUT2D eigenvalue weighted by Crippen LogP contribution is -2.09. The van der Waals surface area contributed by atoms with E-state index in [0.29, 0.717) is 23.8 Å². The lowest BCUT2D eigenvalue weighted by Gasteiger charge is -2.10. The number of hydrogen-bond acceptors (Lipinski definition) is 3. The van der Waals surface area contributed by atoms with Gasteiger partial charge >= 0.3 is 5.97 Å². The summed E-state index contributed by atoms with van der Waals surface area (Å²) >= 11 is 0. The number of anilines is 1. The Hall–Kier alpha value is -1.77. The molecule has 3 heteroatoms. The molecular weight excluding hydrogens is 250 g/mol. The average molecular weight is 275 g/mol. The first-order valence-electron chi connectivity index (χ1n) is 7.15. The molecule has 1 rings (SSSR count). The Morgan fingerprint density at radius 2 is 1.90 bits per heavy atom. The zero-order chi connectivity index (χ0) is 15.0. The third-order valence-corrected chi connectivity index (χ3v) is 3.20. The first-order valence-corrected chi connectivity index (χ1v) is 7.15. The molecular formula is C17H25NO2. The Morgan fingerprint density at radius 3 is 2.50 bits per heavy atom. The summed E-state index contributed by atoms with van der Waals surface area (Å²) in [5.74, 6) is 0.284. The number of nitrogens with two attached hydrogens (primary N) is 1. The Morgan fingerprint density at radius 1 is 1.25 bits per heavy atom. The summed E-state index contributed by atoms with van der Waals surface area (Å²) in [6.07, 6.45) is 5.37. The van der Waals surface area contributed by atoms with Crippen LogP contribution < -0.4 is 5.73 Å². The number of hydrogen-bond donors (Lipinski definition) is 1. The fourth-order valence-corrected chi connectivity index (χ4v) is 1.86. The molecule has 0 amide bonds. The fraction of sp³-hybridized carbons (Fsp3) is 0.471. The van der Waals surface area contributed by atoms with Crippen molar-refractivity contribution in [2.45, 2.75) is 40.0 Å². The zero-order valence-electron chi connectivity index (χ0n) is 12.7. The molecule has 20 heavy (non-hydrogen) atoms. The third-order valence-electron chi connectivity index (χ3n) is 3.20. The van der Waals surface area contributed by atoms with Gasteiger partial charge in [0.05, 0.1) is 12.2 Å². The summed E-state index contributed by atoms with van der Waals surface area (Å²) in [6.45, 7) is 6.88. The van der Waals surface area contributed by atoms with Gasteiger partial charge in [-0.05, 0) is 63.3 Å². The first-order chi connectivity index (χ1) is 9.49. The van der Waals surface area contributed by atoms with Crippen molar-refractivity contribution >= 4 is 11.7 Å². The highest BCUT2D eigenvalue weighted by Gasteiger charge is 2.08. The normalized spacial score (nSPS) is 11.8. The van der Waals surface area contributed by atoms with Gasteiger partial charge in [0.1, 0.15) is 0 Å². The molecule has 3 nitrogen and oxygen atoms in total. The second-order valence-corrected chi connectivity index (χ2v) is 5.51. The van der Waals surface area contributed by atoms with Crippen molar-refractivity contribution in [1.82, 2.24) is 0 Å². The average Bonchev–Trinajstić information content (AvgIpc) is 2.39. The van der Waals surface area contributed by atoms with Crippen molar-refractivity contribution in [1.29, 1.82) is 0 Å². The predicted octanol–water partition coefficient (Wildman–Crippen LogP) is 4.20. The van der Waals surface area contributed by atoms with Crippen LogP contribution in [-0.4, -0.2) is 12.6 Å². The van der Waals surface area contributed by atoms with E-state index in [-0.39, 0.29) is 5.97 Å². The first kappa shape index (κ1) is 16.3. The Balaban J connectivity index is 2.24. The van der Waals surface area contributed by atoms with Gasteiger partial charge in [-0.15, -0.1) is 0 Å². The van der Waals surface area contributed by atoms with Gasteiger partial charge < -0.3 is 10.5 Å². The van der Waals surface area contributed by atoms with Crippen molar-refractivity contribution in [2.75, 3.05) is 12.3 Å². The summed E-state index contributed by atoms with van der Waals surface area (Å²) < 4.78 is 5.27. The number of esters is 1. The fourth-order valence-electron chi connectivity index (χ4n) is 1.86. The van der Waals surface area contributed by atoms with E-state index in [2.05, 4.69) is 26.8 Å². The maximum absolute atomic E-state index is 11.8.